The molecule has 3 amide bonds. The number of piperidine rings is 1. The quantitative estimate of drug-likeness (QED) is 0.551. The summed E-state index contributed by atoms with van der Waals surface area (Å²) >= 11 is 0. The number of halogens is 1. The van der Waals surface area contributed by atoms with Crippen LogP contribution in [0.3, 0.4) is 0 Å². The van der Waals surface area contributed by atoms with Crippen molar-refractivity contribution in [2.24, 2.45) is 22.7 Å². The first kappa shape index (κ1) is 25.0. The van der Waals surface area contributed by atoms with Crippen LogP contribution >= 0.6 is 0 Å². The van der Waals surface area contributed by atoms with Gasteiger partial charge in [0.25, 0.3) is 5.91 Å². The number of anilines is 1. The van der Waals surface area contributed by atoms with Gasteiger partial charge >= 0.3 is 12.0 Å². The van der Waals surface area contributed by atoms with Crippen LogP contribution in [0.2, 0.25) is 0 Å². The van der Waals surface area contributed by atoms with Crippen LogP contribution in [-0.4, -0.2) is 48.0 Å². The Labute approximate surface area is 212 Å². The molecule has 1 saturated heterocycles. The molecule has 2 atom stereocenters. The number of nitrogens with one attached hydrogen (secondary N) is 2. The van der Waals surface area contributed by atoms with Gasteiger partial charge in [-0.15, -0.1) is 0 Å². The Morgan fingerprint density at radius 2 is 1.72 bits per heavy atom. The molecular weight excluding hydrogens is 461 g/mol. The van der Waals surface area contributed by atoms with Crippen LogP contribution in [0.4, 0.5) is 14.9 Å². The second-order valence-electron chi connectivity index (χ2n) is 12.5. The van der Waals surface area contributed by atoms with Gasteiger partial charge in [0, 0.05) is 24.2 Å². The van der Waals surface area contributed by atoms with Gasteiger partial charge in [0.1, 0.15) is 5.82 Å². The van der Waals surface area contributed by atoms with Crippen LogP contribution in [-0.2, 0) is 9.53 Å². The Balaban J connectivity index is 1.19. The van der Waals surface area contributed by atoms with Crippen LogP contribution in [0.15, 0.2) is 18.2 Å². The third kappa shape index (κ3) is 4.83. The number of benzene rings is 1. The average molecular weight is 500 g/mol. The van der Waals surface area contributed by atoms with Gasteiger partial charge in [0.15, 0.2) is 0 Å². The van der Waals surface area contributed by atoms with Gasteiger partial charge in [0.05, 0.1) is 18.2 Å². The number of carbonyl (C=O) groups excluding carboxylic acids is 3. The van der Waals surface area contributed by atoms with Crippen molar-refractivity contribution in [2.75, 3.05) is 25.0 Å². The molecule has 7 nitrogen and oxygen atoms in total. The van der Waals surface area contributed by atoms with Gasteiger partial charge < -0.3 is 20.3 Å². The normalized spacial score (nSPS) is 33.3. The summed E-state index contributed by atoms with van der Waals surface area (Å²) in [6.07, 6.45) is 7.70. The highest BCUT2D eigenvalue weighted by Crippen LogP contribution is 2.66. The van der Waals surface area contributed by atoms with Crippen LogP contribution < -0.4 is 10.6 Å². The summed E-state index contributed by atoms with van der Waals surface area (Å²) in [5.41, 5.74) is 0.593. The molecule has 1 aliphatic heterocycles. The first-order chi connectivity index (χ1) is 17.0. The number of nitrogens with zero attached hydrogens (tertiary/aromatic N) is 1. The molecular formula is C28H38FN3O4. The van der Waals surface area contributed by atoms with E-state index in [4.69, 9.17) is 4.74 Å². The Bertz CT molecular complexity index is 1050. The van der Waals surface area contributed by atoms with Crippen molar-refractivity contribution in [3.8, 4) is 0 Å². The highest BCUT2D eigenvalue weighted by atomic mass is 19.1. The van der Waals surface area contributed by atoms with Crippen molar-refractivity contribution in [1.29, 1.82) is 0 Å². The molecule has 36 heavy (non-hydrogen) atoms. The topological polar surface area (TPSA) is 87.7 Å². The third-order valence-electron chi connectivity index (χ3n) is 8.87. The monoisotopic (exact) mass is 499 g/mol. The van der Waals surface area contributed by atoms with E-state index in [2.05, 4.69) is 24.5 Å². The molecule has 5 fully saturated rings. The Kier molecular flexibility index (Phi) is 6.28. The molecule has 2 unspecified atom stereocenters. The van der Waals surface area contributed by atoms with E-state index in [0.717, 1.165) is 19.3 Å². The zero-order valence-corrected chi connectivity index (χ0v) is 21.6. The number of urea groups is 1. The third-order valence-corrected chi connectivity index (χ3v) is 8.87. The number of esters is 1. The van der Waals surface area contributed by atoms with Crippen molar-refractivity contribution in [2.45, 2.75) is 77.7 Å². The predicted molar refractivity (Wildman–Crippen MR) is 134 cm³/mol. The van der Waals surface area contributed by atoms with Gasteiger partial charge in [0.2, 0.25) is 0 Å². The second-order valence-corrected chi connectivity index (χ2v) is 12.5. The van der Waals surface area contributed by atoms with E-state index in [1.165, 1.54) is 31.4 Å². The van der Waals surface area contributed by atoms with Crippen molar-refractivity contribution >= 4 is 23.6 Å². The number of likely N-dealkylation sites (tertiary alicyclic amines) is 1. The van der Waals surface area contributed by atoms with Gasteiger partial charge in [-0.1, -0.05) is 13.8 Å². The first-order valence-electron chi connectivity index (χ1n) is 13.4. The van der Waals surface area contributed by atoms with Crippen LogP contribution in [0.1, 0.15) is 82.5 Å². The van der Waals surface area contributed by atoms with Gasteiger partial charge in [-0.2, -0.15) is 0 Å². The van der Waals surface area contributed by atoms with E-state index in [1.807, 2.05) is 0 Å². The SMILES string of the molecule is CCOC(=O)C1CCN(C(=O)c2ccc(NC(=O)NC34CC5CC(C)(CC(C)(C5)C3)C4)c(F)c2)CC1. The maximum Gasteiger partial charge on any atom is 0.319 e. The van der Waals surface area contributed by atoms with E-state index in [1.54, 1.807) is 17.9 Å². The van der Waals surface area contributed by atoms with Crippen molar-refractivity contribution < 1.29 is 23.5 Å². The van der Waals surface area contributed by atoms with Crippen molar-refractivity contribution in [1.82, 2.24) is 10.2 Å². The molecule has 2 N–H and O–H groups in total. The number of hydrogen-bond acceptors (Lipinski definition) is 4. The molecule has 0 aromatic heterocycles. The number of amides is 3. The van der Waals surface area contributed by atoms with E-state index in [-0.39, 0.29) is 51.4 Å². The fraction of sp³-hybridized carbons (Fsp3) is 0.679. The lowest BCUT2D eigenvalue weighted by Crippen LogP contribution is -2.65. The summed E-state index contributed by atoms with van der Waals surface area (Å²) in [4.78, 5) is 39.4. The molecule has 196 valence electrons. The number of ether oxygens (including phenoxy) is 1. The van der Waals surface area contributed by atoms with Crippen molar-refractivity contribution in [3.05, 3.63) is 29.6 Å². The lowest BCUT2D eigenvalue weighted by atomic mass is 9.43. The summed E-state index contributed by atoms with van der Waals surface area (Å²) in [7, 11) is 0. The Morgan fingerprint density at radius 1 is 1.06 bits per heavy atom. The molecule has 5 aliphatic rings. The number of rotatable bonds is 5. The van der Waals surface area contributed by atoms with Gasteiger partial charge in [-0.05, 0) is 93.2 Å². The fourth-order valence-corrected chi connectivity index (χ4v) is 8.49. The van der Waals surface area contributed by atoms with E-state index < -0.39 is 5.82 Å². The van der Waals surface area contributed by atoms with Gasteiger partial charge in [-0.25, -0.2) is 9.18 Å². The minimum Gasteiger partial charge on any atom is -0.466 e. The standard InChI is InChI=1S/C28H38FN3O4/c1-4-36-24(34)19-7-9-32(10-8-19)23(33)20-5-6-22(21(29)11-20)30-25(35)31-28-14-18-12-26(2,16-28)15-27(3,13-18)17-28/h5-6,11,18-19H,4,7-10,12-17H2,1-3H3,(H2,30,31,35). The minimum atomic E-state index is -0.637. The molecule has 4 bridgehead atoms. The molecule has 4 saturated carbocycles. The molecule has 0 radical (unpaired) electrons. The first-order valence-corrected chi connectivity index (χ1v) is 13.4. The molecule has 6 rings (SSSR count). The largest absolute Gasteiger partial charge is 0.466 e. The molecule has 1 aromatic rings. The average Bonchev–Trinajstić information content (AvgIpc) is 2.77. The summed E-state index contributed by atoms with van der Waals surface area (Å²) in [6, 6.07) is 3.80. The maximum absolute atomic E-state index is 14.9. The summed E-state index contributed by atoms with van der Waals surface area (Å²) in [6.45, 7) is 7.66. The second kappa shape index (κ2) is 9.03. The summed E-state index contributed by atoms with van der Waals surface area (Å²) < 4.78 is 20.0. The van der Waals surface area contributed by atoms with E-state index >= 15 is 0 Å². The fourth-order valence-electron chi connectivity index (χ4n) is 8.49. The molecule has 8 heteroatoms. The smallest absolute Gasteiger partial charge is 0.319 e. The lowest BCUT2D eigenvalue weighted by molar-refractivity contribution is -0.149. The zero-order valence-electron chi connectivity index (χ0n) is 21.6. The maximum atomic E-state index is 14.9. The highest BCUT2D eigenvalue weighted by molar-refractivity contribution is 5.96. The van der Waals surface area contributed by atoms with Gasteiger partial charge in [-0.3, -0.25) is 9.59 Å². The van der Waals surface area contributed by atoms with Crippen molar-refractivity contribution in [3.63, 3.8) is 0 Å². The minimum absolute atomic E-state index is 0.0622. The lowest BCUT2D eigenvalue weighted by Gasteiger charge is -2.65. The van der Waals surface area contributed by atoms with E-state index in [0.29, 0.717) is 38.5 Å². The van der Waals surface area contributed by atoms with Crippen LogP contribution in [0, 0.1) is 28.5 Å². The predicted octanol–water partition coefficient (Wildman–Crippen LogP) is 5.11. The zero-order chi connectivity index (χ0) is 25.7. The number of carbonyl (C=O) groups is 3. The summed E-state index contributed by atoms with van der Waals surface area (Å²) in [5.74, 6) is -0.693. The summed E-state index contributed by atoms with van der Waals surface area (Å²) in [5, 5.41) is 5.92. The molecule has 1 heterocycles. The highest BCUT2D eigenvalue weighted by Gasteiger charge is 2.60. The van der Waals surface area contributed by atoms with Crippen LogP contribution in [0.5, 0.6) is 0 Å². The number of hydrogen-bond donors (Lipinski definition) is 2. The molecule has 4 aliphatic carbocycles. The van der Waals surface area contributed by atoms with Crippen LogP contribution in [0.25, 0.3) is 0 Å². The van der Waals surface area contributed by atoms with E-state index in [9.17, 15) is 18.8 Å². The molecule has 0 spiro atoms. The Morgan fingerprint density at radius 3 is 2.31 bits per heavy atom. The molecule has 1 aromatic carbocycles. The Hall–Kier alpha value is -2.64.